The summed E-state index contributed by atoms with van der Waals surface area (Å²) in [6.45, 7) is 0. The van der Waals surface area contributed by atoms with Crippen molar-refractivity contribution in [1.29, 1.82) is 0 Å². The van der Waals surface area contributed by atoms with E-state index >= 15 is 0 Å². The van der Waals surface area contributed by atoms with Crippen LogP contribution in [0, 0.1) is 17.8 Å². The molecule has 8 nitrogen and oxygen atoms in total. The van der Waals surface area contributed by atoms with Crippen molar-refractivity contribution in [2.45, 2.75) is 28.5 Å². The first kappa shape index (κ1) is 24.9. The van der Waals surface area contributed by atoms with Crippen molar-refractivity contribution in [2.24, 2.45) is 17.8 Å². The molecule has 0 aromatic heterocycles. The molecule has 2 heterocycles. The van der Waals surface area contributed by atoms with Crippen LogP contribution in [0.4, 0.5) is 0 Å². The molecule has 1 aromatic rings. The Balaban J connectivity index is 1.78. The molecule has 1 N–H and O–H groups in total. The van der Waals surface area contributed by atoms with Crippen molar-refractivity contribution in [3.8, 4) is 11.5 Å². The number of phenolic OH excluding ortho intramolecular Hbond substituents is 1. The van der Waals surface area contributed by atoms with E-state index < -0.39 is 45.2 Å². The summed E-state index contributed by atoms with van der Waals surface area (Å²) in [7, 11) is 2.79. The zero-order chi connectivity index (χ0) is 25.6. The molecule has 6 atom stereocenters. The summed E-state index contributed by atoms with van der Waals surface area (Å²) in [6.07, 6.45) is 2.01. The Morgan fingerprint density at radius 3 is 2.46 bits per heavy atom. The molecule has 4 amide bonds. The summed E-state index contributed by atoms with van der Waals surface area (Å²) in [5, 5.41) is 10.2. The summed E-state index contributed by atoms with van der Waals surface area (Å²) in [4.78, 5) is 51.3. The molecular formula is C23H20BrCl3N2O6. The summed E-state index contributed by atoms with van der Waals surface area (Å²) >= 11 is 23.7. The number of hydrogen-bond donors (Lipinski definition) is 1. The van der Waals surface area contributed by atoms with Gasteiger partial charge in [-0.05, 0) is 36.5 Å². The number of carbonyl (C=O) groups excluding carboxylic acids is 4. The molecule has 12 heteroatoms. The van der Waals surface area contributed by atoms with Crippen molar-refractivity contribution in [3.05, 3.63) is 34.4 Å². The number of carbonyl (C=O) groups is 4. The van der Waals surface area contributed by atoms with Crippen LogP contribution in [-0.2, 0) is 19.2 Å². The van der Waals surface area contributed by atoms with Gasteiger partial charge < -0.3 is 9.84 Å². The van der Waals surface area contributed by atoms with Gasteiger partial charge in [-0.25, -0.2) is 0 Å². The van der Waals surface area contributed by atoms with Gasteiger partial charge in [-0.3, -0.25) is 29.0 Å². The Morgan fingerprint density at radius 2 is 1.83 bits per heavy atom. The second-order valence-electron chi connectivity index (χ2n) is 9.28. The first-order chi connectivity index (χ1) is 16.4. The third-order valence-corrected chi connectivity index (χ3v) is 10.0. The van der Waals surface area contributed by atoms with Crippen molar-refractivity contribution in [2.75, 3.05) is 19.6 Å². The van der Waals surface area contributed by atoms with Crippen LogP contribution in [0.2, 0.25) is 5.02 Å². The zero-order valence-electron chi connectivity index (χ0n) is 18.6. The summed E-state index contributed by atoms with van der Waals surface area (Å²) in [5.74, 6) is -5.16. The number of ether oxygens (including phenoxy) is 1. The maximum absolute atomic E-state index is 13.7. The summed E-state index contributed by atoms with van der Waals surface area (Å²) in [6, 6.07) is 2.94. The molecule has 1 aromatic carbocycles. The van der Waals surface area contributed by atoms with Gasteiger partial charge in [0.15, 0.2) is 21.2 Å². The Labute approximate surface area is 224 Å². The van der Waals surface area contributed by atoms with Gasteiger partial charge in [-0.2, -0.15) is 0 Å². The molecule has 0 radical (unpaired) electrons. The van der Waals surface area contributed by atoms with Gasteiger partial charge in [0.2, 0.25) is 11.8 Å². The van der Waals surface area contributed by atoms with Crippen LogP contribution in [0.3, 0.4) is 0 Å². The number of alkyl halides is 3. The number of benzene rings is 1. The number of fused-ring (bicyclic) bond motifs is 4. The normalized spacial score (nSPS) is 36.2. The largest absolute Gasteiger partial charge is 0.503 e. The van der Waals surface area contributed by atoms with E-state index in [4.69, 9.17) is 39.5 Å². The highest BCUT2D eigenvalue weighted by molar-refractivity contribution is 9.09. The smallest absolute Gasteiger partial charge is 0.254 e. The SMILES string of the molecule is COc1cc([C@H]2C3=CC[C@@H]4C(=O)N(C)C(=O)[C@@H]4[C@@H]3C[C@@]3(Cl)C(=O)N(CBr)C(=O)[C@@]23Cl)cc(Cl)c1O. The highest BCUT2D eigenvalue weighted by atomic mass is 79.9. The Bertz CT molecular complexity index is 1240. The molecule has 3 fully saturated rings. The number of allylic oxidation sites excluding steroid dienone is 2. The van der Waals surface area contributed by atoms with E-state index in [-0.39, 0.29) is 46.6 Å². The third kappa shape index (κ3) is 2.98. The van der Waals surface area contributed by atoms with Crippen LogP contribution in [0.5, 0.6) is 11.5 Å². The number of methoxy groups -OCH3 is 1. The lowest BCUT2D eigenvalue weighted by Crippen LogP contribution is -2.60. The van der Waals surface area contributed by atoms with Crippen molar-refractivity contribution < 1.29 is 29.0 Å². The summed E-state index contributed by atoms with van der Waals surface area (Å²) < 4.78 is 5.26. The van der Waals surface area contributed by atoms with Crippen LogP contribution in [0.1, 0.15) is 24.3 Å². The first-order valence-corrected chi connectivity index (χ1v) is 13.1. The number of amides is 4. The van der Waals surface area contributed by atoms with Gasteiger partial charge >= 0.3 is 0 Å². The highest BCUT2D eigenvalue weighted by Gasteiger charge is 2.76. The van der Waals surface area contributed by atoms with Crippen molar-refractivity contribution in [3.63, 3.8) is 0 Å². The second kappa shape index (κ2) is 8.10. The zero-order valence-corrected chi connectivity index (χ0v) is 22.4. The van der Waals surface area contributed by atoms with Gasteiger partial charge in [0.25, 0.3) is 11.8 Å². The molecule has 0 unspecified atom stereocenters. The predicted molar refractivity (Wildman–Crippen MR) is 131 cm³/mol. The number of imide groups is 2. The number of aromatic hydroxyl groups is 1. The lowest BCUT2D eigenvalue weighted by atomic mass is 9.56. The lowest BCUT2D eigenvalue weighted by molar-refractivity contribution is -0.140. The molecule has 2 aliphatic heterocycles. The van der Waals surface area contributed by atoms with E-state index in [0.29, 0.717) is 11.1 Å². The van der Waals surface area contributed by atoms with Crippen molar-refractivity contribution in [1.82, 2.24) is 9.80 Å². The topological polar surface area (TPSA) is 104 Å². The predicted octanol–water partition coefficient (Wildman–Crippen LogP) is 3.40. The second-order valence-corrected chi connectivity index (χ2v) is 11.4. The van der Waals surface area contributed by atoms with E-state index in [9.17, 15) is 24.3 Å². The molecular weight excluding hydrogens is 587 g/mol. The Hall–Kier alpha value is -1.81. The van der Waals surface area contributed by atoms with E-state index in [1.54, 1.807) is 0 Å². The molecule has 35 heavy (non-hydrogen) atoms. The van der Waals surface area contributed by atoms with E-state index in [1.165, 1.54) is 26.3 Å². The minimum atomic E-state index is -1.95. The lowest BCUT2D eigenvalue weighted by Gasteiger charge is -2.50. The molecule has 5 rings (SSSR count). The van der Waals surface area contributed by atoms with Crippen LogP contribution in [-0.4, -0.2) is 67.9 Å². The standard InChI is InChI=1S/C23H20BrCl3N2O6/c1-28-18(31)11-4-3-10-12(15(11)19(28)32)7-22(26)20(33)29(8-24)21(34)23(22,27)16(10)9-5-13(25)17(30)14(6-9)35-2/h3,5-6,11-12,15-16,30H,4,7-8H2,1-2H3/t11-,12+,15-,16-,22+,23-/m0/s1. The molecule has 2 saturated heterocycles. The number of halogens is 4. The van der Waals surface area contributed by atoms with Gasteiger partial charge in [0, 0.05) is 13.0 Å². The maximum Gasteiger partial charge on any atom is 0.254 e. The molecule has 0 spiro atoms. The molecule has 4 aliphatic rings. The minimum Gasteiger partial charge on any atom is -0.503 e. The number of hydrogen-bond acceptors (Lipinski definition) is 6. The third-order valence-electron chi connectivity index (χ3n) is 7.84. The van der Waals surface area contributed by atoms with Crippen LogP contribution < -0.4 is 4.74 Å². The Morgan fingerprint density at radius 1 is 1.14 bits per heavy atom. The highest BCUT2D eigenvalue weighted by Crippen LogP contribution is 2.65. The van der Waals surface area contributed by atoms with E-state index in [1.807, 2.05) is 6.08 Å². The van der Waals surface area contributed by atoms with E-state index in [0.717, 1.165) is 9.80 Å². The van der Waals surface area contributed by atoms with Crippen molar-refractivity contribution >= 4 is 74.4 Å². The van der Waals surface area contributed by atoms with Gasteiger partial charge in [0.1, 0.15) is 0 Å². The van der Waals surface area contributed by atoms with Crippen LogP contribution >= 0.6 is 50.7 Å². The number of nitrogens with zero attached hydrogens (tertiary/aromatic N) is 2. The molecule has 0 bridgehead atoms. The fourth-order valence-corrected chi connectivity index (χ4v) is 7.85. The maximum atomic E-state index is 13.7. The van der Waals surface area contributed by atoms with Gasteiger partial charge in [-0.15, -0.1) is 23.2 Å². The average molecular weight is 607 g/mol. The van der Waals surface area contributed by atoms with E-state index in [2.05, 4.69) is 15.9 Å². The van der Waals surface area contributed by atoms with Gasteiger partial charge in [-0.1, -0.05) is 39.2 Å². The minimum absolute atomic E-state index is 0.0443. The average Bonchev–Trinajstić information content (AvgIpc) is 3.13. The Kier molecular flexibility index (Phi) is 5.75. The molecule has 186 valence electrons. The monoisotopic (exact) mass is 604 g/mol. The van der Waals surface area contributed by atoms with Crippen LogP contribution in [0.15, 0.2) is 23.8 Å². The fourth-order valence-electron chi connectivity index (χ4n) is 6.20. The number of rotatable bonds is 3. The quantitative estimate of drug-likeness (QED) is 0.245. The molecule has 2 aliphatic carbocycles. The number of likely N-dealkylation sites (tertiary alicyclic amines) is 2. The number of phenols is 1. The fraction of sp³-hybridized carbons (Fsp3) is 0.478. The van der Waals surface area contributed by atoms with Crippen LogP contribution in [0.25, 0.3) is 0 Å². The summed E-state index contributed by atoms with van der Waals surface area (Å²) in [5.41, 5.74) is 0.910. The molecule has 1 saturated carbocycles. The van der Waals surface area contributed by atoms with Gasteiger partial charge in [0.05, 0.1) is 29.4 Å². The first-order valence-electron chi connectivity index (χ1n) is 10.8.